The molecule has 0 bridgehead atoms. The largest absolute Gasteiger partial charge is 0.430 e. The van der Waals surface area contributed by atoms with Gasteiger partial charge in [0.05, 0.1) is 0 Å². The molecular weight excluding hydrogens is 248 g/mol. The quantitative estimate of drug-likeness (QED) is 0.790. The average molecular weight is 264 g/mol. The summed E-state index contributed by atoms with van der Waals surface area (Å²) < 4.78 is 5.17. The first-order valence-corrected chi connectivity index (χ1v) is 6.82. The fourth-order valence-electron chi connectivity index (χ4n) is 2.37. The van der Waals surface area contributed by atoms with Gasteiger partial charge in [0.15, 0.2) is 0 Å². The molecule has 0 spiro atoms. The van der Waals surface area contributed by atoms with Gasteiger partial charge in [0.25, 0.3) is 0 Å². The first-order valence-electron chi connectivity index (χ1n) is 6.82. The van der Waals surface area contributed by atoms with Crippen molar-refractivity contribution in [1.82, 2.24) is 0 Å². The average Bonchev–Trinajstić information content (AvgIpc) is 2.51. The van der Waals surface area contributed by atoms with Gasteiger partial charge in [-0.05, 0) is 30.0 Å². The van der Waals surface area contributed by atoms with Crippen molar-refractivity contribution in [2.45, 2.75) is 12.8 Å². The van der Waals surface area contributed by atoms with Crippen molar-refractivity contribution in [2.75, 3.05) is 0 Å². The van der Waals surface area contributed by atoms with Crippen LogP contribution < -0.4 is 0 Å². The van der Waals surface area contributed by atoms with Crippen LogP contribution >= 0.6 is 0 Å². The van der Waals surface area contributed by atoms with E-state index in [-0.39, 0.29) is 11.9 Å². The van der Waals surface area contributed by atoms with Crippen LogP contribution in [-0.2, 0) is 22.4 Å². The second-order valence-electron chi connectivity index (χ2n) is 4.96. The minimum absolute atomic E-state index is 0.110. The third kappa shape index (κ3) is 2.80. The van der Waals surface area contributed by atoms with Gasteiger partial charge in [-0.25, -0.2) is 0 Å². The summed E-state index contributed by atoms with van der Waals surface area (Å²) in [5.74, 6) is 0.581. The molecule has 2 aromatic rings. The minimum atomic E-state index is -0.117. The lowest BCUT2D eigenvalue weighted by Crippen LogP contribution is -2.34. The smallest absolute Gasteiger partial charge is 0.322 e. The molecule has 0 radical (unpaired) electrons. The summed E-state index contributed by atoms with van der Waals surface area (Å²) in [5, 5.41) is 0. The molecule has 0 N–H and O–H groups in total. The summed E-state index contributed by atoms with van der Waals surface area (Å²) in [5.41, 5.74) is 2.39. The van der Waals surface area contributed by atoms with Crippen molar-refractivity contribution in [1.29, 1.82) is 0 Å². The van der Waals surface area contributed by atoms with Crippen LogP contribution in [-0.4, -0.2) is 5.97 Å². The normalized spacial score (nSPS) is 19.5. The number of cyclic esters (lactones) is 1. The standard InChI is InChI=1S/C18H16O2/c19-18-16(13-15-9-5-2-6-10-15)17(20-18)12-11-14-7-3-1-4-8-14/h1-10,12,16H,11,13H2/t16-/m0/s1. The van der Waals surface area contributed by atoms with Crippen LogP contribution in [0.5, 0.6) is 0 Å². The second kappa shape index (κ2) is 5.74. The van der Waals surface area contributed by atoms with E-state index in [2.05, 4.69) is 12.1 Å². The van der Waals surface area contributed by atoms with Crippen molar-refractivity contribution in [2.24, 2.45) is 5.92 Å². The van der Waals surface area contributed by atoms with Crippen LogP contribution in [0.2, 0.25) is 0 Å². The first kappa shape index (κ1) is 12.7. The molecule has 1 fully saturated rings. The highest BCUT2D eigenvalue weighted by molar-refractivity contribution is 5.83. The second-order valence-corrected chi connectivity index (χ2v) is 4.96. The molecule has 2 nitrogen and oxygen atoms in total. The zero-order valence-electron chi connectivity index (χ0n) is 11.2. The van der Waals surface area contributed by atoms with E-state index in [4.69, 9.17) is 4.74 Å². The van der Waals surface area contributed by atoms with Crippen molar-refractivity contribution in [3.05, 3.63) is 83.6 Å². The van der Waals surface area contributed by atoms with Crippen molar-refractivity contribution >= 4 is 5.97 Å². The van der Waals surface area contributed by atoms with Gasteiger partial charge in [-0.15, -0.1) is 0 Å². The highest BCUT2D eigenvalue weighted by atomic mass is 16.6. The molecule has 1 heterocycles. The van der Waals surface area contributed by atoms with Gasteiger partial charge < -0.3 is 4.74 Å². The molecular formula is C18H16O2. The Morgan fingerprint density at radius 1 is 0.900 bits per heavy atom. The number of esters is 1. The predicted molar refractivity (Wildman–Crippen MR) is 78.0 cm³/mol. The zero-order chi connectivity index (χ0) is 13.8. The van der Waals surface area contributed by atoms with Crippen molar-refractivity contribution in [3.8, 4) is 0 Å². The van der Waals surface area contributed by atoms with E-state index in [1.807, 2.05) is 54.6 Å². The molecule has 1 aliphatic heterocycles. The summed E-state index contributed by atoms with van der Waals surface area (Å²) in [6.07, 6.45) is 3.54. The maximum Gasteiger partial charge on any atom is 0.322 e. The molecule has 0 aromatic heterocycles. The Hall–Kier alpha value is -2.35. The number of hydrogen-bond donors (Lipinski definition) is 0. The molecule has 0 amide bonds. The van der Waals surface area contributed by atoms with Crippen LogP contribution in [0.15, 0.2) is 72.5 Å². The molecule has 20 heavy (non-hydrogen) atoms. The van der Waals surface area contributed by atoms with Crippen LogP contribution in [0.4, 0.5) is 0 Å². The van der Waals surface area contributed by atoms with Gasteiger partial charge in [-0.3, -0.25) is 4.79 Å². The summed E-state index contributed by atoms with van der Waals surface area (Å²) in [6.45, 7) is 0. The van der Waals surface area contributed by atoms with E-state index < -0.39 is 0 Å². The van der Waals surface area contributed by atoms with Crippen LogP contribution in [0, 0.1) is 5.92 Å². The predicted octanol–water partition coefficient (Wildman–Crippen LogP) is 3.53. The lowest BCUT2D eigenvalue weighted by atomic mass is 9.92. The topological polar surface area (TPSA) is 26.3 Å². The number of carbonyl (C=O) groups excluding carboxylic acids is 1. The summed E-state index contributed by atoms with van der Waals surface area (Å²) in [6, 6.07) is 20.2. The number of allylic oxidation sites excluding steroid dienone is 1. The Bertz CT molecular complexity index is 614. The maximum atomic E-state index is 11.6. The maximum absolute atomic E-state index is 11.6. The van der Waals surface area contributed by atoms with E-state index in [0.717, 1.165) is 18.6 Å². The Morgan fingerprint density at radius 2 is 1.50 bits per heavy atom. The number of ether oxygens (including phenoxy) is 1. The van der Waals surface area contributed by atoms with E-state index in [1.54, 1.807) is 0 Å². The lowest BCUT2D eigenvalue weighted by Gasteiger charge is -2.28. The van der Waals surface area contributed by atoms with E-state index >= 15 is 0 Å². The molecule has 2 aromatic carbocycles. The van der Waals surface area contributed by atoms with Gasteiger partial charge in [-0.2, -0.15) is 0 Å². The van der Waals surface area contributed by atoms with Gasteiger partial charge in [0, 0.05) is 0 Å². The van der Waals surface area contributed by atoms with Crippen molar-refractivity contribution in [3.63, 3.8) is 0 Å². The van der Waals surface area contributed by atoms with Crippen LogP contribution in [0.1, 0.15) is 11.1 Å². The van der Waals surface area contributed by atoms with Gasteiger partial charge >= 0.3 is 5.97 Å². The number of benzene rings is 2. The van der Waals surface area contributed by atoms with Gasteiger partial charge in [0.2, 0.25) is 0 Å². The summed E-state index contributed by atoms with van der Waals surface area (Å²) in [4.78, 5) is 11.6. The SMILES string of the molecule is O=C1OC(=CCc2ccccc2)[C@@H]1Cc1ccccc1. The van der Waals surface area contributed by atoms with Gasteiger partial charge in [-0.1, -0.05) is 60.7 Å². The molecule has 0 aliphatic carbocycles. The molecule has 0 saturated carbocycles. The molecule has 1 aliphatic rings. The zero-order valence-corrected chi connectivity index (χ0v) is 11.2. The third-order valence-corrected chi connectivity index (χ3v) is 3.51. The highest BCUT2D eigenvalue weighted by Crippen LogP contribution is 2.30. The Balaban J connectivity index is 1.67. The molecule has 2 heteroatoms. The summed E-state index contributed by atoms with van der Waals surface area (Å²) >= 11 is 0. The fraction of sp³-hybridized carbons (Fsp3) is 0.167. The minimum Gasteiger partial charge on any atom is -0.430 e. The van der Waals surface area contributed by atoms with Crippen LogP contribution in [0.25, 0.3) is 0 Å². The van der Waals surface area contributed by atoms with Gasteiger partial charge in [0.1, 0.15) is 11.7 Å². The van der Waals surface area contributed by atoms with E-state index in [1.165, 1.54) is 11.1 Å². The number of rotatable bonds is 4. The first-order chi connectivity index (χ1) is 9.83. The molecule has 100 valence electrons. The van der Waals surface area contributed by atoms with E-state index in [9.17, 15) is 4.79 Å². The molecule has 1 atom stereocenters. The van der Waals surface area contributed by atoms with Crippen molar-refractivity contribution < 1.29 is 9.53 Å². The third-order valence-electron chi connectivity index (χ3n) is 3.51. The fourth-order valence-corrected chi connectivity index (χ4v) is 2.37. The molecule has 0 unspecified atom stereocenters. The number of carbonyl (C=O) groups is 1. The monoisotopic (exact) mass is 264 g/mol. The van der Waals surface area contributed by atoms with Crippen LogP contribution in [0.3, 0.4) is 0 Å². The number of hydrogen-bond acceptors (Lipinski definition) is 2. The summed E-state index contributed by atoms with van der Waals surface area (Å²) in [7, 11) is 0. The molecule has 3 rings (SSSR count). The Labute approximate surface area is 118 Å². The van der Waals surface area contributed by atoms with E-state index in [0.29, 0.717) is 0 Å². The highest BCUT2D eigenvalue weighted by Gasteiger charge is 2.36. The Morgan fingerprint density at radius 3 is 2.10 bits per heavy atom. The lowest BCUT2D eigenvalue weighted by molar-refractivity contribution is -0.157. The molecule has 1 saturated heterocycles. The Kier molecular flexibility index (Phi) is 3.64.